The minimum atomic E-state index is -0.422. The first kappa shape index (κ1) is 11.4. The molecule has 0 saturated carbocycles. The first-order valence-electron chi connectivity index (χ1n) is 5.42. The Labute approximate surface area is 99.5 Å². The number of oxime groups is 1. The second-order valence-corrected chi connectivity index (χ2v) is 3.58. The van der Waals surface area contributed by atoms with Gasteiger partial charge in [0.25, 0.3) is 0 Å². The molecule has 1 aliphatic rings. The largest absolute Gasteiger partial charge is 0.493 e. The zero-order valence-corrected chi connectivity index (χ0v) is 9.77. The molecule has 0 bridgehead atoms. The van der Waals surface area contributed by atoms with Crippen LogP contribution >= 0.6 is 0 Å². The van der Waals surface area contributed by atoms with E-state index in [1.165, 1.54) is 0 Å². The number of nitrogens with zero attached hydrogens (tertiary/aromatic N) is 1. The van der Waals surface area contributed by atoms with Crippen LogP contribution in [0.25, 0.3) is 6.08 Å². The maximum Gasteiger partial charge on any atom is 0.367 e. The van der Waals surface area contributed by atoms with Gasteiger partial charge in [0.05, 0.1) is 17.9 Å². The van der Waals surface area contributed by atoms with Gasteiger partial charge in [0, 0.05) is 5.56 Å². The predicted molar refractivity (Wildman–Crippen MR) is 64.8 cm³/mol. The Bertz CT molecular complexity index is 503. The lowest BCUT2D eigenvalue weighted by atomic mass is 10.1. The summed E-state index contributed by atoms with van der Waals surface area (Å²) < 4.78 is 5.48. The first-order chi connectivity index (χ1) is 8.22. The molecular weight excluding hydrogens is 218 g/mol. The Hall–Kier alpha value is -2.10. The third-order valence-corrected chi connectivity index (χ3v) is 2.39. The van der Waals surface area contributed by atoms with Gasteiger partial charge in [-0.15, -0.1) is 0 Å². The van der Waals surface area contributed by atoms with E-state index >= 15 is 0 Å². The van der Waals surface area contributed by atoms with Crippen molar-refractivity contribution in [2.75, 3.05) is 6.61 Å². The third-order valence-electron chi connectivity index (χ3n) is 2.39. The Morgan fingerprint density at radius 2 is 2.18 bits per heavy atom. The van der Waals surface area contributed by atoms with Crippen LogP contribution in [-0.4, -0.2) is 18.3 Å². The summed E-state index contributed by atoms with van der Waals surface area (Å²) in [6.07, 6.45) is 1.74. The molecule has 1 aromatic carbocycles. The van der Waals surface area contributed by atoms with E-state index in [2.05, 4.69) is 9.99 Å². The molecule has 0 unspecified atom stereocenters. The fourth-order valence-corrected chi connectivity index (χ4v) is 1.56. The number of hydrogen-bond acceptors (Lipinski definition) is 4. The van der Waals surface area contributed by atoms with Gasteiger partial charge in [0.2, 0.25) is 0 Å². The van der Waals surface area contributed by atoms with Gasteiger partial charge in [0.15, 0.2) is 0 Å². The first-order valence-corrected chi connectivity index (χ1v) is 5.42. The van der Waals surface area contributed by atoms with E-state index in [9.17, 15) is 4.79 Å². The van der Waals surface area contributed by atoms with Gasteiger partial charge in [-0.05, 0) is 26.0 Å². The van der Waals surface area contributed by atoms with Crippen LogP contribution in [0.3, 0.4) is 0 Å². The van der Waals surface area contributed by atoms with Crippen molar-refractivity contribution >= 4 is 17.8 Å². The number of hydrogen-bond donors (Lipinski definition) is 0. The van der Waals surface area contributed by atoms with Crippen molar-refractivity contribution in [2.45, 2.75) is 13.8 Å². The molecule has 88 valence electrons. The second kappa shape index (κ2) is 4.82. The molecule has 0 atom stereocenters. The molecule has 0 aromatic heterocycles. The maximum atomic E-state index is 11.4. The highest BCUT2D eigenvalue weighted by Crippen LogP contribution is 2.23. The zero-order valence-electron chi connectivity index (χ0n) is 9.77. The van der Waals surface area contributed by atoms with Crippen LogP contribution in [0.15, 0.2) is 35.0 Å². The highest BCUT2D eigenvalue weighted by molar-refractivity contribution is 6.24. The van der Waals surface area contributed by atoms with Crippen LogP contribution in [0.5, 0.6) is 5.75 Å². The normalized spacial score (nSPS) is 16.9. The summed E-state index contributed by atoms with van der Waals surface area (Å²) in [7, 11) is 0. The van der Waals surface area contributed by atoms with Gasteiger partial charge in [-0.25, -0.2) is 4.79 Å². The molecule has 1 aliphatic heterocycles. The van der Waals surface area contributed by atoms with E-state index in [1.807, 2.05) is 31.2 Å². The lowest BCUT2D eigenvalue weighted by molar-refractivity contribution is -0.136. The summed E-state index contributed by atoms with van der Waals surface area (Å²) in [4.78, 5) is 16.0. The summed E-state index contributed by atoms with van der Waals surface area (Å²) in [6.45, 7) is 4.23. The van der Waals surface area contributed by atoms with Crippen LogP contribution in [0.4, 0.5) is 0 Å². The van der Waals surface area contributed by atoms with Gasteiger partial charge in [0.1, 0.15) is 5.75 Å². The molecule has 0 radical (unpaired) electrons. The van der Waals surface area contributed by atoms with Crippen LogP contribution in [0.1, 0.15) is 19.4 Å². The summed E-state index contributed by atoms with van der Waals surface area (Å²) in [5.74, 6) is 0.323. The molecule has 0 fully saturated rings. The van der Waals surface area contributed by atoms with E-state index in [0.717, 1.165) is 11.3 Å². The van der Waals surface area contributed by atoms with Crippen LogP contribution < -0.4 is 4.74 Å². The number of benzene rings is 1. The Kier molecular flexibility index (Phi) is 3.23. The summed E-state index contributed by atoms with van der Waals surface area (Å²) in [6, 6.07) is 7.53. The summed E-state index contributed by atoms with van der Waals surface area (Å²) in [5.41, 5.74) is 1.90. The number of carbonyl (C=O) groups is 1. The molecule has 2 rings (SSSR count). The number of ether oxygens (including phenoxy) is 1. The van der Waals surface area contributed by atoms with Crippen molar-refractivity contribution in [2.24, 2.45) is 5.16 Å². The number of para-hydroxylation sites is 1. The van der Waals surface area contributed by atoms with Gasteiger partial charge in [-0.1, -0.05) is 23.4 Å². The van der Waals surface area contributed by atoms with E-state index in [1.54, 1.807) is 13.0 Å². The van der Waals surface area contributed by atoms with Gasteiger partial charge >= 0.3 is 5.97 Å². The lowest BCUT2D eigenvalue weighted by Crippen LogP contribution is -2.02. The lowest BCUT2D eigenvalue weighted by Gasteiger charge is -2.06. The van der Waals surface area contributed by atoms with Crippen LogP contribution in [0, 0.1) is 0 Å². The molecule has 4 nitrogen and oxygen atoms in total. The molecule has 1 heterocycles. The summed E-state index contributed by atoms with van der Waals surface area (Å²) in [5, 5.41) is 3.63. The molecule has 0 aliphatic carbocycles. The highest BCUT2D eigenvalue weighted by Gasteiger charge is 2.22. The fraction of sp³-hybridized carbons (Fsp3) is 0.231. The molecule has 0 spiro atoms. The number of carbonyl (C=O) groups excluding carboxylic acids is 1. The minimum Gasteiger partial charge on any atom is -0.493 e. The van der Waals surface area contributed by atoms with Gasteiger partial charge in [-0.3, -0.25) is 0 Å². The van der Waals surface area contributed by atoms with E-state index in [0.29, 0.717) is 17.9 Å². The van der Waals surface area contributed by atoms with Crippen molar-refractivity contribution in [1.29, 1.82) is 0 Å². The predicted octanol–water partition coefficient (Wildman–Crippen LogP) is 2.40. The fourth-order valence-electron chi connectivity index (χ4n) is 1.56. The molecule has 17 heavy (non-hydrogen) atoms. The minimum absolute atomic E-state index is 0.422. The maximum absolute atomic E-state index is 11.4. The Morgan fingerprint density at radius 3 is 2.82 bits per heavy atom. The van der Waals surface area contributed by atoms with Crippen molar-refractivity contribution in [1.82, 2.24) is 0 Å². The highest BCUT2D eigenvalue weighted by atomic mass is 16.7. The van der Waals surface area contributed by atoms with Crippen molar-refractivity contribution in [3.8, 4) is 5.75 Å². The molecular formula is C13H13NO3. The Balaban J connectivity index is 2.38. The molecule has 4 heteroatoms. The van der Waals surface area contributed by atoms with Crippen molar-refractivity contribution < 1.29 is 14.4 Å². The van der Waals surface area contributed by atoms with Crippen molar-refractivity contribution in [3.63, 3.8) is 0 Å². The van der Waals surface area contributed by atoms with Crippen LogP contribution in [-0.2, 0) is 9.63 Å². The van der Waals surface area contributed by atoms with Gasteiger partial charge in [-0.2, -0.15) is 0 Å². The molecule has 1 aromatic rings. The van der Waals surface area contributed by atoms with E-state index in [4.69, 9.17) is 4.74 Å². The van der Waals surface area contributed by atoms with E-state index < -0.39 is 5.97 Å². The molecule has 0 amide bonds. The summed E-state index contributed by atoms with van der Waals surface area (Å²) >= 11 is 0. The standard InChI is InChI=1S/C13H13NO3/c1-3-16-12-7-5-4-6-10(12)8-11-9(2)14-17-13(11)15/h4-8H,3H2,1-2H3/b11-8+. The topological polar surface area (TPSA) is 47.9 Å². The third kappa shape index (κ3) is 2.36. The Morgan fingerprint density at radius 1 is 1.41 bits per heavy atom. The average Bonchev–Trinajstić information content (AvgIpc) is 2.64. The zero-order chi connectivity index (χ0) is 12.3. The monoisotopic (exact) mass is 231 g/mol. The van der Waals surface area contributed by atoms with Crippen LogP contribution in [0.2, 0.25) is 0 Å². The van der Waals surface area contributed by atoms with E-state index in [-0.39, 0.29) is 0 Å². The smallest absolute Gasteiger partial charge is 0.367 e. The average molecular weight is 231 g/mol. The SMILES string of the molecule is CCOc1ccccc1/C=C1/C(=O)ON=C1C. The number of rotatable bonds is 3. The van der Waals surface area contributed by atoms with Gasteiger partial charge < -0.3 is 9.57 Å². The molecule has 0 N–H and O–H groups in total. The quantitative estimate of drug-likeness (QED) is 0.592. The molecule has 0 saturated heterocycles. The van der Waals surface area contributed by atoms with Crippen molar-refractivity contribution in [3.05, 3.63) is 35.4 Å². The second-order valence-electron chi connectivity index (χ2n) is 3.58.